The van der Waals surface area contributed by atoms with Crippen LogP contribution < -0.4 is 60.2 Å². The topological polar surface area (TPSA) is 395 Å². The molecular formula is C47H67N13O11S2. The van der Waals surface area contributed by atoms with Crippen molar-refractivity contribution in [3.8, 4) is 5.75 Å². The van der Waals surface area contributed by atoms with Crippen LogP contribution in [0.1, 0.15) is 75.8 Å². The Morgan fingerprint density at radius 3 is 2.03 bits per heavy atom. The molecule has 2 fully saturated rings. The average molecular weight is 1050 g/mol. The van der Waals surface area contributed by atoms with Crippen LogP contribution in [0, 0.1) is 0 Å². The molecule has 0 aromatic heterocycles. The number of carbonyl (C=O) groups excluding carboxylic acids is 10. The van der Waals surface area contributed by atoms with Crippen LogP contribution in [0.3, 0.4) is 0 Å². The third-order valence-corrected chi connectivity index (χ3v) is 14.1. The second-order valence-electron chi connectivity index (χ2n) is 17.5. The Hall–Kier alpha value is -7.09. The number of likely N-dealkylation sites (tertiary alicyclic amines) is 1. The lowest BCUT2D eigenvalue weighted by Crippen LogP contribution is -2.61. The Kier molecular flexibility index (Phi) is 24.1. The molecule has 7 atom stereocenters. The van der Waals surface area contributed by atoms with E-state index in [9.17, 15) is 53.1 Å². The summed E-state index contributed by atoms with van der Waals surface area (Å²) in [4.78, 5) is 141. The number of phenols is 1. The largest absolute Gasteiger partial charge is 0.508 e. The van der Waals surface area contributed by atoms with E-state index in [-0.39, 0.29) is 81.3 Å². The fourth-order valence-corrected chi connectivity index (χ4v) is 10.0. The van der Waals surface area contributed by atoms with Crippen molar-refractivity contribution in [2.45, 2.75) is 120 Å². The van der Waals surface area contributed by atoms with Gasteiger partial charge in [0, 0.05) is 43.9 Å². The van der Waals surface area contributed by atoms with Gasteiger partial charge in [-0.25, -0.2) is 0 Å². The van der Waals surface area contributed by atoms with Crippen molar-refractivity contribution >= 4 is 86.6 Å². The quantitative estimate of drug-likeness (QED) is 0.0302. The lowest BCUT2D eigenvalue weighted by atomic mass is 10.0. The van der Waals surface area contributed by atoms with Gasteiger partial charge in [0.05, 0.1) is 13.0 Å². The molecule has 0 bridgehead atoms. The highest BCUT2D eigenvalue weighted by Crippen LogP contribution is 2.26. The summed E-state index contributed by atoms with van der Waals surface area (Å²) in [6.07, 6.45) is 1.01. The molecule has 4 rings (SSSR count). The van der Waals surface area contributed by atoms with Gasteiger partial charge in [-0.05, 0) is 55.4 Å². The highest BCUT2D eigenvalue weighted by molar-refractivity contribution is 8.76. The number of primary amides is 2. The van der Waals surface area contributed by atoms with Crippen molar-refractivity contribution < 1.29 is 53.1 Å². The van der Waals surface area contributed by atoms with Gasteiger partial charge in [-0.3, -0.25) is 52.9 Å². The summed E-state index contributed by atoms with van der Waals surface area (Å²) in [6, 6.07) is 5.68. The molecule has 2 aromatic carbocycles. The Labute approximate surface area is 430 Å². The van der Waals surface area contributed by atoms with E-state index in [1.807, 2.05) is 6.92 Å². The van der Waals surface area contributed by atoms with Crippen molar-refractivity contribution in [1.29, 1.82) is 0 Å². The predicted molar refractivity (Wildman–Crippen MR) is 273 cm³/mol. The monoisotopic (exact) mass is 1050 g/mol. The maximum absolute atomic E-state index is 14.6. The number of nitrogens with two attached hydrogens (primary N) is 4. The van der Waals surface area contributed by atoms with Gasteiger partial charge in [-0.2, -0.15) is 0 Å². The van der Waals surface area contributed by atoms with Crippen LogP contribution in [0.4, 0.5) is 0 Å². The molecule has 0 radical (unpaired) electrons. The molecule has 0 saturated carbocycles. The molecule has 10 amide bonds. The van der Waals surface area contributed by atoms with Crippen LogP contribution in [0.5, 0.6) is 5.75 Å². The van der Waals surface area contributed by atoms with Gasteiger partial charge in [-0.1, -0.05) is 83.8 Å². The van der Waals surface area contributed by atoms with E-state index in [4.69, 9.17) is 22.9 Å². The fourth-order valence-electron chi connectivity index (χ4n) is 7.90. The van der Waals surface area contributed by atoms with Crippen molar-refractivity contribution in [1.82, 2.24) is 42.1 Å². The number of phenolic OH excluding ortho intramolecular Hbond substituents is 1. The summed E-state index contributed by atoms with van der Waals surface area (Å²) in [5.74, 6) is -7.98. The van der Waals surface area contributed by atoms with E-state index < -0.39 is 114 Å². The zero-order valence-electron chi connectivity index (χ0n) is 40.6. The van der Waals surface area contributed by atoms with Crippen LogP contribution in [0.25, 0.3) is 0 Å². The molecule has 0 spiro atoms. The molecule has 2 heterocycles. The number of amides is 10. The summed E-state index contributed by atoms with van der Waals surface area (Å²) < 4.78 is 0. The minimum atomic E-state index is -1.65. The third kappa shape index (κ3) is 20.2. The third-order valence-electron chi connectivity index (χ3n) is 11.7. The van der Waals surface area contributed by atoms with Gasteiger partial charge in [0.2, 0.25) is 59.1 Å². The van der Waals surface area contributed by atoms with Crippen molar-refractivity contribution in [3.05, 3.63) is 65.7 Å². The van der Waals surface area contributed by atoms with Crippen molar-refractivity contribution in [2.24, 2.45) is 27.9 Å². The summed E-state index contributed by atoms with van der Waals surface area (Å²) in [5.41, 5.74) is 22.9. The normalized spacial score (nSPS) is 21.9. The van der Waals surface area contributed by atoms with Gasteiger partial charge in [0.25, 0.3) is 0 Å². The predicted octanol–water partition coefficient (Wildman–Crippen LogP) is -2.42. The number of unbranched alkanes of at least 4 members (excludes halogenated alkanes) is 1. The number of hydrogen-bond donors (Lipinski definition) is 12. The van der Waals surface area contributed by atoms with E-state index in [0.29, 0.717) is 30.4 Å². The van der Waals surface area contributed by atoms with E-state index in [0.717, 1.165) is 21.6 Å². The van der Waals surface area contributed by atoms with Crippen LogP contribution in [0.15, 0.2) is 59.6 Å². The summed E-state index contributed by atoms with van der Waals surface area (Å²) in [6.45, 7) is 1.53. The molecule has 2 aliphatic heterocycles. The van der Waals surface area contributed by atoms with E-state index in [1.54, 1.807) is 42.5 Å². The highest BCUT2D eigenvalue weighted by atomic mass is 33.1. The van der Waals surface area contributed by atoms with Gasteiger partial charge >= 0.3 is 0 Å². The molecule has 26 heteroatoms. The Morgan fingerprint density at radius 2 is 1.38 bits per heavy atom. The summed E-state index contributed by atoms with van der Waals surface area (Å²) >= 11 is 0. The first kappa shape index (κ1) is 58.5. The van der Waals surface area contributed by atoms with Gasteiger partial charge in [0.15, 0.2) is 5.96 Å². The first-order valence-corrected chi connectivity index (χ1v) is 26.4. The Bertz CT molecular complexity index is 2290. The smallest absolute Gasteiger partial charge is 0.246 e. The van der Waals surface area contributed by atoms with Crippen LogP contribution >= 0.6 is 21.6 Å². The number of aliphatic imine (C=N–C) groups is 1. The summed E-state index contributed by atoms with van der Waals surface area (Å²) in [5, 5.41) is 28.4. The average Bonchev–Trinajstić information content (AvgIpc) is 3.85. The Balaban J connectivity index is 1.67. The minimum Gasteiger partial charge on any atom is -0.508 e. The van der Waals surface area contributed by atoms with Crippen LogP contribution in [-0.2, 0) is 60.8 Å². The zero-order chi connectivity index (χ0) is 53.5. The molecule has 2 saturated heterocycles. The summed E-state index contributed by atoms with van der Waals surface area (Å²) in [7, 11) is 2.27. The maximum Gasteiger partial charge on any atom is 0.246 e. The molecule has 1 unspecified atom stereocenters. The SMILES string of the molecule is CCCCC1NC(=O)[C@@H](Cc2ccccc2)NC(=O)[C@H](Cc2ccc(O)cc2)NC(=O)CCSSC[C@H](C(=O)N2CCC[C@@H]2C(=O)N[C@@H](CCCN=C(N)N)C(=O)NCC(N)=O)NC(=O)[C@@H](CC(N)=O)NC1=O. The van der Waals surface area contributed by atoms with E-state index in [1.165, 1.54) is 17.0 Å². The van der Waals surface area contributed by atoms with E-state index in [2.05, 4.69) is 42.2 Å². The van der Waals surface area contributed by atoms with Gasteiger partial charge in [-0.15, -0.1) is 0 Å². The maximum atomic E-state index is 14.6. The second kappa shape index (κ2) is 30.1. The molecule has 2 aliphatic rings. The molecule has 16 N–H and O–H groups in total. The molecular weight excluding hydrogens is 987 g/mol. The van der Waals surface area contributed by atoms with Crippen molar-refractivity contribution in [2.75, 3.05) is 31.1 Å². The molecule has 0 aliphatic carbocycles. The second-order valence-corrected chi connectivity index (χ2v) is 20.1. The number of nitrogens with zero attached hydrogens (tertiary/aromatic N) is 2. The van der Waals surface area contributed by atoms with Gasteiger partial charge in [0.1, 0.15) is 48.0 Å². The fraction of sp³-hybridized carbons (Fsp3) is 0.511. The number of benzene rings is 2. The number of aromatic hydroxyl groups is 1. The van der Waals surface area contributed by atoms with Crippen LogP contribution in [-0.4, -0.2) is 148 Å². The van der Waals surface area contributed by atoms with E-state index >= 15 is 0 Å². The molecule has 24 nitrogen and oxygen atoms in total. The molecule has 73 heavy (non-hydrogen) atoms. The number of nitrogens with one attached hydrogen (secondary N) is 7. The zero-order valence-corrected chi connectivity index (χ0v) is 42.2. The highest BCUT2D eigenvalue weighted by Gasteiger charge is 2.40. The lowest BCUT2D eigenvalue weighted by molar-refractivity contribution is -0.142. The number of rotatable bonds is 19. The number of hydrogen-bond acceptors (Lipinski definition) is 14. The van der Waals surface area contributed by atoms with Crippen LogP contribution in [0.2, 0.25) is 0 Å². The van der Waals surface area contributed by atoms with Gasteiger partial charge < -0.3 is 70.2 Å². The minimum absolute atomic E-state index is 0.0123. The first-order valence-electron chi connectivity index (χ1n) is 23.9. The lowest BCUT2D eigenvalue weighted by Gasteiger charge is -2.31. The molecule has 2 aromatic rings. The number of guanidine groups is 1. The standard InChI is InChI=1S/C47H67N13O11S2/c1-2-3-11-31-41(66)58-34(24-37(48)62)44(69)59-35(46(71)60-20-8-13-36(60)45(70)56-30(12-7-19-52-47(50)51)40(65)53-25-38(49)63)26-73-72-21-18-39(64)54-32(23-28-14-16-29(61)17-15-28)42(67)57-33(43(68)55-31)22-27-9-5-4-6-10-27/h4-6,9-10,14-17,30-36,61H,2-3,7-8,11-13,18-26H2,1H3,(H2,48,62)(H2,49,63)(H,53,65)(H,54,64)(H,55,68)(H,56,70)(H,57,67)(H,58,66)(H,59,69)(H4,50,51,52)/t30-,31?,32-,33+,34+,35+,36+/m0/s1. The molecule has 398 valence electrons. The number of carbonyl (C=O) groups is 10. The first-order chi connectivity index (χ1) is 34.8. The van der Waals surface area contributed by atoms with Crippen molar-refractivity contribution in [3.63, 3.8) is 0 Å². The Morgan fingerprint density at radius 1 is 0.767 bits per heavy atom.